The van der Waals surface area contributed by atoms with E-state index in [1.165, 1.54) is 0 Å². The highest BCUT2D eigenvalue weighted by Crippen LogP contribution is 2.08. The molecule has 1 aliphatic heterocycles. The molecule has 0 aliphatic carbocycles. The van der Waals surface area contributed by atoms with Crippen molar-refractivity contribution in [1.29, 1.82) is 0 Å². The number of benzene rings is 1. The summed E-state index contributed by atoms with van der Waals surface area (Å²) in [5, 5.41) is 0. The minimum Gasteiger partial charge on any atom is -0.445 e. The lowest BCUT2D eigenvalue weighted by Crippen LogP contribution is -2.48. The Kier molecular flexibility index (Phi) is 9.33. The van der Waals surface area contributed by atoms with Gasteiger partial charge in [-0.25, -0.2) is 4.79 Å². The summed E-state index contributed by atoms with van der Waals surface area (Å²) in [6.07, 6.45) is -0.386. The number of halogens is 2. The van der Waals surface area contributed by atoms with Crippen molar-refractivity contribution in [2.45, 2.75) is 12.7 Å². The SMILES string of the molecule is Cl.Cl.NC[C@H]1CN(C(=O)OCc2ccccc2)CCO1. The second kappa shape index (κ2) is 9.83. The fourth-order valence-corrected chi connectivity index (χ4v) is 1.84. The van der Waals surface area contributed by atoms with Crippen LogP contribution >= 0.6 is 24.8 Å². The highest BCUT2D eigenvalue weighted by Gasteiger charge is 2.24. The summed E-state index contributed by atoms with van der Waals surface area (Å²) < 4.78 is 10.6. The number of amides is 1. The average molecular weight is 323 g/mol. The molecule has 1 saturated heterocycles. The Morgan fingerprint density at radius 2 is 2.05 bits per heavy atom. The van der Waals surface area contributed by atoms with Crippen LogP contribution in [-0.2, 0) is 16.1 Å². The van der Waals surface area contributed by atoms with E-state index in [-0.39, 0.29) is 37.0 Å². The maximum Gasteiger partial charge on any atom is 0.410 e. The molecular weight excluding hydrogens is 303 g/mol. The van der Waals surface area contributed by atoms with Crippen LogP contribution in [0.2, 0.25) is 0 Å². The molecule has 114 valence electrons. The number of ether oxygens (including phenoxy) is 2. The smallest absolute Gasteiger partial charge is 0.410 e. The van der Waals surface area contributed by atoms with Gasteiger partial charge in [0.1, 0.15) is 6.61 Å². The number of carbonyl (C=O) groups excluding carboxylic acids is 1. The molecule has 0 spiro atoms. The van der Waals surface area contributed by atoms with E-state index in [4.69, 9.17) is 15.2 Å². The van der Waals surface area contributed by atoms with E-state index in [2.05, 4.69) is 0 Å². The number of carbonyl (C=O) groups is 1. The van der Waals surface area contributed by atoms with Gasteiger partial charge in [-0.2, -0.15) is 0 Å². The van der Waals surface area contributed by atoms with Crippen LogP contribution < -0.4 is 5.73 Å². The van der Waals surface area contributed by atoms with Gasteiger partial charge >= 0.3 is 6.09 Å². The van der Waals surface area contributed by atoms with Crippen molar-refractivity contribution in [3.63, 3.8) is 0 Å². The van der Waals surface area contributed by atoms with Crippen molar-refractivity contribution >= 4 is 30.9 Å². The topological polar surface area (TPSA) is 64.8 Å². The fourth-order valence-electron chi connectivity index (χ4n) is 1.84. The van der Waals surface area contributed by atoms with Gasteiger partial charge in [0.15, 0.2) is 0 Å². The Labute approximate surface area is 131 Å². The summed E-state index contributed by atoms with van der Waals surface area (Å²) in [5.74, 6) is 0. The van der Waals surface area contributed by atoms with E-state index in [9.17, 15) is 4.79 Å². The van der Waals surface area contributed by atoms with Gasteiger partial charge in [-0.15, -0.1) is 24.8 Å². The normalized spacial score (nSPS) is 17.6. The van der Waals surface area contributed by atoms with Crippen molar-refractivity contribution in [2.24, 2.45) is 5.73 Å². The van der Waals surface area contributed by atoms with Crippen LogP contribution in [0.25, 0.3) is 0 Å². The third-order valence-corrected chi connectivity index (χ3v) is 2.87. The molecule has 5 nitrogen and oxygen atoms in total. The molecule has 0 unspecified atom stereocenters. The van der Waals surface area contributed by atoms with Crippen LogP contribution in [0.4, 0.5) is 4.79 Å². The molecule has 7 heteroatoms. The third kappa shape index (κ3) is 5.54. The summed E-state index contributed by atoms with van der Waals surface area (Å²) in [4.78, 5) is 13.5. The van der Waals surface area contributed by atoms with Crippen LogP contribution in [-0.4, -0.2) is 43.3 Å². The molecule has 1 fully saturated rings. The second-order valence-electron chi connectivity index (χ2n) is 4.21. The summed E-state index contributed by atoms with van der Waals surface area (Å²) in [5.41, 5.74) is 6.51. The molecule has 1 heterocycles. The number of morpholine rings is 1. The van der Waals surface area contributed by atoms with E-state index in [0.717, 1.165) is 5.56 Å². The molecule has 1 aliphatic rings. The Morgan fingerprint density at radius 1 is 1.35 bits per heavy atom. The van der Waals surface area contributed by atoms with Gasteiger partial charge < -0.3 is 20.1 Å². The average Bonchev–Trinajstić information content (AvgIpc) is 2.46. The summed E-state index contributed by atoms with van der Waals surface area (Å²) >= 11 is 0. The Balaban J connectivity index is 0.00000180. The van der Waals surface area contributed by atoms with Crippen LogP contribution in [0.15, 0.2) is 30.3 Å². The fraction of sp³-hybridized carbons (Fsp3) is 0.462. The van der Waals surface area contributed by atoms with Crippen LogP contribution in [0, 0.1) is 0 Å². The minimum atomic E-state index is -0.305. The molecular formula is C13H20Cl2N2O3. The van der Waals surface area contributed by atoms with Gasteiger partial charge in [0.05, 0.1) is 19.3 Å². The van der Waals surface area contributed by atoms with Crippen LogP contribution in [0.1, 0.15) is 5.56 Å². The zero-order valence-electron chi connectivity index (χ0n) is 11.1. The molecule has 1 aromatic carbocycles. The first-order valence-corrected chi connectivity index (χ1v) is 6.07. The maximum absolute atomic E-state index is 11.8. The molecule has 0 aromatic heterocycles. The Bertz CT molecular complexity index is 392. The number of hydrogen-bond donors (Lipinski definition) is 1. The molecule has 1 amide bonds. The number of rotatable bonds is 3. The van der Waals surface area contributed by atoms with Gasteiger partial charge in [-0.3, -0.25) is 0 Å². The van der Waals surface area contributed by atoms with Crippen molar-refractivity contribution in [1.82, 2.24) is 4.90 Å². The zero-order valence-corrected chi connectivity index (χ0v) is 12.7. The Morgan fingerprint density at radius 3 is 2.70 bits per heavy atom. The van der Waals surface area contributed by atoms with E-state index in [0.29, 0.717) is 32.8 Å². The number of hydrogen-bond acceptors (Lipinski definition) is 4. The van der Waals surface area contributed by atoms with Crippen molar-refractivity contribution in [2.75, 3.05) is 26.2 Å². The van der Waals surface area contributed by atoms with Gasteiger partial charge in [0, 0.05) is 13.1 Å². The summed E-state index contributed by atoms with van der Waals surface area (Å²) in [6, 6.07) is 9.62. The van der Waals surface area contributed by atoms with Gasteiger partial charge in [-0.1, -0.05) is 30.3 Å². The molecule has 1 aromatic rings. The second-order valence-corrected chi connectivity index (χ2v) is 4.21. The molecule has 0 radical (unpaired) electrons. The van der Waals surface area contributed by atoms with E-state index >= 15 is 0 Å². The predicted octanol–water partition coefficient (Wildman–Crippen LogP) is 1.83. The van der Waals surface area contributed by atoms with Crippen molar-refractivity contribution < 1.29 is 14.3 Å². The van der Waals surface area contributed by atoms with Gasteiger partial charge in [0.2, 0.25) is 0 Å². The lowest BCUT2D eigenvalue weighted by Gasteiger charge is -2.31. The van der Waals surface area contributed by atoms with E-state index in [1.807, 2.05) is 30.3 Å². The Hall–Kier alpha value is -1.01. The first kappa shape index (κ1) is 19.0. The molecule has 0 bridgehead atoms. The molecule has 0 saturated carbocycles. The summed E-state index contributed by atoms with van der Waals surface area (Å²) in [7, 11) is 0. The molecule has 1 atom stereocenters. The maximum atomic E-state index is 11.8. The molecule has 2 N–H and O–H groups in total. The van der Waals surface area contributed by atoms with E-state index in [1.54, 1.807) is 4.90 Å². The predicted molar refractivity (Wildman–Crippen MR) is 81.5 cm³/mol. The standard InChI is InChI=1S/C13H18N2O3.2ClH/c14-8-12-9-15(6-7-17-12)13(16)18-10-11-4-2-1-3-5-11;;/h1-5,12H,6-10,14H2;2*1H/t12-;;/m0../s1. The van der Waals surface area contributed by atoms with Crippen LogP contribution in [0.5, 0.6) is 0 Å². The largest absolute Gasteiger partial charge is 0.445 e. The quantitative estimate of drug-likeness (QED) is 0.922. The molecule has 20 heavy (non-hydrogen) atoms. The first-order valence-electron chi connectivity index (χ1n) is 6.07. The third-order valence-electron chi connectivity index (χ3n) is 2.87. The minimum absolute atomic E-state index is 0. The first-order chi connectivity index (χ1) is 8.79. The number of nitrogens with two attached hydrogens (primary N) is 1. The number of nitrogens with zero attached hydrogens (tertiary/aromatic N) is 1. The monoisotopic (exact) mass is 322 g/mol. The van der Waals surface area contributed by atoms with Gasteiger partial charge in [-0.05, 0) is 5.56 Å². The van der Waals surface area contributed by atoms with Crippen molar-refractivity contribution in [3.05, 3.63) is 35.9 Å². The van der Waals surface area contributed by atoms with E-state index < -0.39 is 0 Å². The highest BCUT2D eigenvalue weighted by atomic mass is 35.5. The van der Waals surface area contributed by atoms with Crippen LogP contribution in [0.3, 0.4) is 0 Å². The lowest BCUT2D eigenvalue weighted by atomic mass is 10.2. The lowest BCUT2D eigenvalue weighted by molar-refractivity contribution is -0.0235. The molecule has 2 rings (SSSR count). The zero-order chi connectivity index (χ0) is 12.8. The summed E-state index contributed by atoms with van der Waals surface area (Å²) in [6.45, 7) is 2.29. The van der Waals surface area contributed by atoms with Crippen molar-refractivity contribution in [3.8, 4) is 0 Å². The van der Waals surface area contributed by atoms with Gasteiger partial charge in [0.25, 0.3) is 0 Å². The highest BCUT2D eigenvalue weighted by molar-refractivity contribution is 5.85.